The van der Waals surface area contributed by atoms with Crippen molar-refractivity contribution in [2.24, 2.45) is 9.98 Å². The number of ether oxygens (including phenoxy) is 1. The van der Waals surface area contributed by atoms with Crippen molar-refractivity contribution in [1.29, 1.82) is 0 Å². The van der Waals surface area contributed by atoms with Gasteiger partial charge in [-0.3, -0.25) is 9.79 Å². The van der Waals surface area contributed by atoms with Gasteiger partial charge in [-0.15, -0.1) is 0 Å². The van der Waals surface area contributed by atoms with Crippen molar-refractivity contribution in [3.63, 3.8) is 0 Å². The van der Waals surface area contributed by atoms with Crippen molar-refractivity contribution in [3.05, 3.63) is 24.3 Å². The van der Waals surface area contributed by atoms with Crippen molar-refractivity contribution >= 4 is 33.6 Å². The smallest absolute Gasteiger partial charge is 0.193 e. The molecule has 0 saturated carbocycles. The van der Waals surface area contributed by atoms with Gasteiger partial charge in [0.25, 0.3) is 0 Å². The third-order valence-corrected chi connectivity index (χ3v) is 2.93. The molecule has 1 aliphatic heterocycles. The maximum Gasteiger partial charge on any atom is 0.193 e. The van der Waals surface area contributed by atoms with Gasteiger partial charge in [-0.05, 0) is 30.8 Å². The number of amidine groups is 2. The number of ketones is 1. The van der Waals surface area contributed by atoms with Gasteiger partial charge in [-0.1, -0.05) is 6.07 Å². The Hall–Kier alpha value is -1.82. The zero-order valence-electron chi connectivity index (χ0n) is 10.1. The Morgan fingerprint density at radius 1 is 1.56 bits per heavy atom. The lowest BCUT2D eigenvalue weighted by molar-refractivity contribution is -0.115. The second-order valence-corrected chi connectivity index (χ2v) is 4.63. The van der Waals surface area contributed by atoms with Gasteiger partial charge in [0, 0.05) is 11.8 Å². The minimum atomic E-state index is 0.0347. The van der Waals surface area contributed by atoms with Crippen LogP contribution in [-0.2, 0) is 4.79 Å². The van der Waals surface area contributed by atoms with Gasteiger partial charge in [-0.2, -0.15) is 4.99 Å². The molecular formula is C12H13N3O2S. The SMILES string of the molecule is COc1cccc(NC2=NC(=NCC(C)=O)S2)c1. The van der Waals surface area contributed by atoms with Crippen LogP contribution < -0.4 is 10.1 Å². The maximum absolute atomic E-state index is 10.7. The zero-order valence-corrected chi connectivity index (χ0v) is 11.0. The first-order valence-electron chi connectivity index (χ1n) is 5.39. The van der Waals surface area contributed by atoms with Gasteiger partial charge in [0.05, 0.1) is 7.11 Å². The average Bonchev–Trinajstić information content (AvgIpc) is 2.32. The van der Waals surface area contributed by atoms with Gasteiger partial charge in [0.15, 0.2) is 16.1 Å². The normalized spacial score (nSPS) is 15.9. The van der Waals surface area contributed by atoms with E-state index in [-0.39, 0.29) is 12.3 Å². The number of nitrogens with one attached hydrogen (secondary N) is 1. The molecule has 0 unspecified atom stereocenters. The van der Waals surface area contributed by atoms with E-state index in [9.17, 15) is 4.79 Å². The van der Waals surface area contributed by atoms with Crippen LogP contribution >= 0.6 is 11.8 Å². The summed E-state index contributed by atoms with van der Waals surface area (Å²) in [5.74, 6) is 0.822. The highest BCUT2D eigenvalue weighted by molar-refractivity contribution is 8.29. The largest absolute Gasteiger partial charge is 0.497 e. The highest BCUT2D eigenvalue weighted by Gasteiger charge is 2.17. The van der Waals surface area contributed by atoms with Crippen LogP contribution in [0.1, 0.15) is 6.92 Å². The minimum absolute atomic E-state index is 0.0347. The zero-order chi connectivity index (χ0) is 13.0. The lowest BCUT2D eigenvalue weighted by Gasteiger charge is -2.16. The molecule has 94 valence electrons. The summed E-state index contributed by atoms with van der Waals surface area (Å²) in [6.45, 7) is 1.70. The quantitative estimate of drug-likeness (QED) is 0.904. The van der Waals surface area contributed by atoms with E-state index >= 15 is 0 Å². The number of rotatable bonds is 4. The van der Waals surface area contributed by atoms with Crippen molar-refractivity contribution in [2.75, 3.05) is 19.0 Å². The Balaban J connectivity index is 1.94. The van der Waals surface area contributed by atoms with E-state index < -0.39 is 0 Å². The van der Waals surface area contributed by atoms with Crippen LogP contribution in [0.3, 0.4) is 0 Å². The van der Waals surface area contributed by atoms with E-state index in [1.54, 1.807) is 7.11 Å². The summed E-state index contributed by atoms with van der Waals surface area (Å²) in [6.07, 6.45) is 0. The molecule has 0 radical (unpaired) electrons. The first-order valence-corrected chi connectivity index (χ1v) is 6.20. The number of Topliss-reactive ketones (excluding diaryl/α,β-unsaturated/α-hetero) is 1. The third-order valence-electron chi connectivity index (χ3n) is 2.14. The number of aliphatic imine (C=N–C) groups is 2. The first-order chi connectivity index (χ1) is 8.67. The molecule has 0 amide bonds. The maximum atomic E-state index is 10.7. The Kier molecular flexibility index (Phi) is 3.99. The van der Waals surface area contributed by atoms with Crippen molar-refractivity contribution in [1.82, 2.24) is 0 Å². The number of hydrogen-bond donors (Lipinski definition) is 1. The molecule has 1 aromatic rings. The Morgan fingerprint density at radius 2 is 2.33 bits per heavy atom. The molecule has 2 rings (SSSR count). The summed E-state index contributed by atoms with van der Waals surface area (Å²) in [4.78, 5) is 18.9. The van der Waals surface area contributed by atoms with E-state index in [0.717, 1.165) is 16.6 Å². The Labute approximate surface area is 109 Å². The number of hydrogen-bond acceptors (Lipinski definition) is 5. The minimum Gasteiger partial charge on any atom is -0.497 e. The van der Waals surface area contributed by atoms with Crippen molar-refractivity contribution in [3.8, 4) is 5.75 Å². The number of benzene rings is 1. The second-order valence-electron chi connectivity index (χ2n) is 3.68. The van der Waals surface area contributed by atoms with E-state index in [1.807, 2.05) is 24.3 Å². The summed E-state index contributed by atoms with van der Waals surface area (Å²) < 4.78 is 5.13. The van der Waals surface area contributed by atoms with Crippen LogP contribution in [0.5, 0.6) is 5.75 Å². The number of thioether (sulfide) groups is 1. The highest BCUT2D eigenvalue weighted by atomic mass is 32.2. The van der Waals surface area contributed by atoms with Gasteiger partial charge in [0.1, 0.15) is 12.3 Å². The summed E-state index contributed by atoms with van der Waals surface area (Å²) >= 11 is 1.42. The molecule has 1 aliphatic rings. The Bertz CT molecular complexity index is 526. The topological polar surface area (TPSA) is 63.0 Å². The van der Waals surface area contributed by atoms with E-state index in [2.05, 4.69) is 15.3 Å². The summed E-state index contributed by atoms with van der Waals surface area (Å²) in [5.41, 5.74) is 0.909. The van der Waals surface area contributed by atoms with Gasteiger partial charge in [-0.25, -0.2) is 0 Å². The standard InChI is InChI=1S/C12H13N3O2S/c1-8(16)7-13-11-15-12(18-11)14-9-4-3-5-10(6-9)17-2/h3-6H,7H2,1-2H3,(H,13,14,15). The fourth-order valence-corrected chi connectivity index (χ4v) is 1.91. The van der Waals surface area contributed by atoms with Crippen LogP contribution in [0, 0.1) is 0 Å². The van der Waals surface area contributed by atoms with Gasteiger partial charge < -0.3 is 10.1 Å². The fraction of sp³-hybridized carbons (Fsp3) is 0.250. The van der Waals surface area contributed by atoms with Crippen LogP contribution in [0.2, 0.25) is 0 Å². The third kappa shape index (κ3) is 3.33. The number of methoxy groups -OCH3 is 1. The summed E-state index contributed by atoms with van der Waals surface area (Å²) in [5, 5.41) is 4.54. The molecule has 0 bridgehead atoms. The van der Waals surface area contributed by atoms with E-state index in [1.165, 1.54) is 18.7 Å². The van der Waals surface area contributed by atoms with Crippen molar-refractivity contribution in [2.45, 2.75) is 6.92 Å². The molecule has 18 heavy (non-hydrogen) atoms. The first kappa shape index (κ1) is 12.6. The molecule has 0 aliphatic carbocycles. The van der Waals surface area contributed by atoms with Crippen LogP contribution in [0.15, 0.2) is 34.3 Å². The van der Waals surface area contributed by atoms with E-state index in [4.69, 9.17) is 4.74 Å². The number of anilines is 1. The molecule has 1 aromatic carbocycles. The Morgan fingerprint density at radius 3 is 3.00 bits per heavy atom. The number of carbonyl (C=O) groups excluding carboxylic acids is 1. The molecule has 6 heteroatoms. The van der Waals surface area contributed by atoms with Gasteiger partial charge >= 0.3 is 0 Å². The highest BCUT2D eigenvalue weighted by Crippen LogP contribution is 2.24. The fourth-order valence-electron chi connectivity index (χ4n) is 1.30. The lowest BCUT2D eigenvalue weighted by atomic mass is 10.3. The molecule has 5 nitrogen and oxygen atoms in total. The molecule has 0 saturated heterocycles. The predicted octanol–water partition coefficient (Wildman–Crippen LogP) is 2.15. The monoisotopic (exact) mass is 263 g/mol. The molecule has 1 heterocycles. The molecule has 0 aromatic heterocycles. The lowest BCUT2D eigenvalue weighted by Crippen LogP contribution is -2.20. The summed E-state index contributed by atoms with van der Waals surface area (Å²) in [7, 11) is 1.63. The average molecular weight is 263 g/mol. The predicted molar refractivity (Wildman–Crippen MR) is 74.6 cm³/mol. The molecule has 1 N–H and O–H groups in total. The number of nitrogens with zero attached hydrogens (tertiary/aromatic N) is 2. The van der Waals surface area contributed by atoms with Crippen LogP contribution in [0.4, 0.5) is 5.69 Å². The molecule has 0 atom stereocenters. The van der Waals surface area contributed by atoms with Gasteiger partial charge in [0.2, 0.25) is 0 Å². The van der Waals surface area contributed by atoms with Crippen molar-refractivity contribution < 1.29 is 9.53 Å². The molecule has 0 fully saturated rings. The molecule has 0 spiro atoms. The second kappa shape index (κ2) is 5.68. The van der Waals surface area contributed by atoms with Crippen LogP contribution in [0.25, 0.3) is 0 Å². The molecular weight excluding hydrogens is 250 g/mol. The number of carbonyl (C=O) groups is 1. The summed E-state index contributed by atoms with van der Waals surface area (Å²) in [6, 6.07) is 7.58. The van der Waals surface area contributed by atoms with E-state index in [0.29, 0.717) is 5.17 Å². The van der Waals surface area contributed by atoms with Crippen LogP contribution in [-0.4, -0.2) is 29.8 Å².